The molecule has 56 heavy (non-hydrogen) atoms. The molecule has 2 aliphatic rings. The van der Waals surface area contributed by atoms with E-state index in [1.807, 2.05) is 91.0 Å². The van der Waals surface area contributed by atoms with Crippen molar-refractivity contribution in [1.29, 1.82) is 5.26 Å². The molecule has 0 saturated heterocycles. The fourth-order valence-electron chi connectivity index (χ4n) is 8.80. The Morgan fingerprint density at radius 1 is 0.411 bits per heavy atom. The number of nitriles is 1. The molecule has 1 aromatic heterocycles. The van der Waals surface area contributed by atoms with E-state index in [-0.39, 0.29) is 0 Å². The van der Waals surface area contributed by atoms with Gasteiger partial charge in [0.1, 0.15) is 11.5 Å². The maximum absolute atomic E-state index is 10.5. The summed E-state index contributed by atoms with van der Waals surface area (Å²) < 4.78 is 6.62. The van der Waals surface area contributed by atoms with Crippen LogP contribution < -0.4 is 4.74 Å². The maximum atomic E-state index is 10.5. The van der Waals surface area contributed by atoms with Crippen LogP contribution in [-0.4, -0.2) is 15.0 Å². The second-order valence-electron chi connectivity index (χ2n) is 14.2. The molecular formula is C51H30N4O. The molecule has 1 aliphatic heterocycles. The van der Waals surface area contributed by atoms with Crippen molar-refractivity contribution in [3.8, 4) is 74.0 Å². The Bertz CT molecular complexity index is 2970. The van der Waals surface area contributed by atoms with Gasteiger partial charge >= 0.3 is 0 Å². The number of nitrogens with zero attached hydrogens (tertiary/aromatic N) is 4. The molecule has 0 amide bonds. The van der Waals surface area contributed by atoms with Gasteiger partial charge in [0.15, 0.2) is 17.5 Å². The Hall–Kier alpha value is -7.68. The number of aromatic nitrogens is 3. The van der Waals surface area contributed by atoms with E-state index in [0.29, 0.717) is 23.0 Å². The maximum Gasteiger partial charge on any atom is 0.164 e. The van der Waals surface area contributed by atoms with Gasteiger partial charge in [0.2, 0.25) is 0 Å². The predicted octanol–water partition coefficient (Wildman–Crippen LogP) is 12.0. The predicted molar refractivity (Wildman–Crippen MR) is 221 cm³/mol. The first-order chi connectivity index (χ1) is 27.7. The summed E-state index contributed by atoms with van der Waals surface area (Å²) in [5.74, 6) is 3.47. The van der Waals surface area contributed by atoms with Crippen LogP contribution in [0.3, 0.4) is 0 Å². The highest BCUT2D eigenvalue weighted by Gasteiger charge is 2.52. The first kappa shape index (κ1) is 31.8. The molecule has 0 atom stereocenters. The van der Waals surface area contributed by atoms with Crippen molar-refractivity contribution < 1.29 is 4.74 Å². The summed E-state index contributed by atoms with van der Waals surface area (Å²) in [7, 11) is 0. The van der Waals surface area contributed by atoms with E-state index < -0.39 is 5.41 Å². The van der Waals surface area contributed by atoms with E-state index in [2.05, 4.69) is 97.1 Å². The third-order valence-electron chi connectivity index (χ3n) is 11.2. The Balaban J connectivity index is 1.15. The van der Waals surface area contributed by atoms with Gasteiger partial charge in [-0.1, -0.05) is 152 Å². The van der Waals surface area contributed by atoms with E-state index in [0.717, 1.165) is 83.5 Å². The molecule has 5 heteroatoms. The number of hydrogen-bond donors (Lipinski definition) is 0. The molecule has 0 fully saturated rings. The van der Waals surface area contributed by atoms with Crippen LogP contribution in [0.2, 0.25) is 0 Å². The van der Waals surface area contributed by atoms with Crippen LogP contribution in [0, 0.1) is 11.3 Å². The number of benzene rings is 8. The van der Waals surface area contributed by atoms with E-state index in [4.69, 9.17) is 19.7 Å². The molecule has 1 aliphatic carbocycles. The van der Waals surface area contributed by atoms with Crippen molar-refractivity contribution in [2.45, 2.75) is 5.41 Å². The minimum absolute atomic E-state index is 0.604. The van der Waals surface area contributed by atoms with Crippen LogP contribution in [0.15, 0.2) is 182 Å². The number of ether oxygens (including phenoxy) is 1. The Kier molecular flexibility index (Phi) is 7.07. The van der Waals surface area contributed by atoms with Gasteiger partial charge in [0.25, 0.3) is 0 Å². The molecule has 5 nitrogen and oxygen atoms in total. The molecular weight excluding hydrogens is 685 g/mol. The summed E-state index contributed by atoms with van der Waals surface area (Å²) in [4.78, 5) is 14.9. The number of para-hydroxylation sites is 2. The van der Waals surface area contributed by atoms with Gasteiger partial charge in [-0.05, 0) is 69.1 Å². The zero-order chi connectivity index (χ0) is 37.2. The Morgan fingerprint density at radius 2 is 0.929 bits per heavy atom. The van der Waals surface area contributed by atoms with Crippen molar-refractivity contribution in [2.24, 2.45) is 0 Å². The minimum Gasteiger partial charge on any atom is -0.457 e. The largest absolute Gasteiger partial charge is 0.457 e. The molecule has 9 aromatic rings. The molecule has 0 radical (unpaired) electrons. The van der Waals surface area contributed by atoms with E-state index in [1.54, 1.807) is 0 Å². The van der Waals surface area contributed by atoms with E-state index in [1.165, 1.54) is 0 Å². The van der Waals surface area contributed by atoms with Gasteiger partial charge in [-0.3, -0.25) is 0 Å². The number of rotatable bonds is 4. The minimum atomic E-state index is -0.733. The van der Waals surface area contributed by atoms with Crippen molar-refractivity contribution >= 4 is 10.8 Å². The second-order valence-corrected chi connectivity index (χ2v) is 14.2. The summed E-state index contributed by atoms with van der Waals surface area (Å²) in [5, 5.41) is 12.6. The average Bonchev–Trinajstić information content (AvgIpc) is 3.56. The lowest BCUT2D eigenvalue weighted by molar-refractivity contribution is 0.436. The van der Waals surface area contributed by atoms with Crippen LogP contribution in [0.5, 0.6) is 11.5 Å². The van der Waals surface area contributed by atoms with Crippen molar-refractivity contribution in [3.63, 3.8) is 0 Å². The van der Waals surface area contributed by atoms with E-state index in [9.17, 15) is 5.26 Å². The second kappa shape index (κ2) is 12.4. The molecule has 0 bridgehead atoms. The highest BCUT2D eigenvalue weighted by atomic mass is 16.5. The molecule has 11 rings (SSSR count). The number of hydrogen-bond acceptors (Lipinski definition) is 5. The van der Waals surface area contributed by atoms with Gasteiger partial charge in [0, 0.05) is 33.2 Å². The molecule has 0 saturated carbocycles. The molecule has 2 heterocycles. The average molecular weight is 715 g/mol. The van der Waals surface area contributed by atoms with Crippen LogP contribution in [-0.2, 0) is 5.41 Å². The Labute approximate surface area is 323 Å². The summed E-state index contributed by atoms with van der Waals surface area (Å²) >= 11 is 0. The SMILES string of the molecule is N#Cc1cc2c(c3ccccc13)-c1ccc(-c3cccc(-c4nc(-c5ccccc5)nc(-c5ccccc5)n4)c3)cc1C21c2ccccc2Oc2ccccc21. The summed E-state index contributed by atoms with van der Waals surface area (Å²) in [6.45, 7) is 0. The van der Waals surface area contributed by atoms with Crippen molar-refractivity contribution in [2.75, 3.05) is 0 Å². The summed E-state index contributed by atoms with van der Waals surface area (Å²) in [6, 6.07) is 64.9. The number of fused-ring (bicyclic) bond motifs is 11. The highest BCUT2D eigenvalue weighted by Crippen LogP contribution is 2.63. The first-order valence-corrected chi connectivity index (χ1v) is 18.7. The van der Waals surface area contributed by atoms with Gasteiger partial charge < -0.3 is 4.74 Å². The van der Waals surface area contributed by atoms with Crippen LogP contribution in [0.25, 0.3) is 67.2 Å². The van der Waals surface area contributed by atoms with Gasteiger partial charge in [-0.15, -0.1) is 0 Å². The zero-order valence-electron chi connectivity index (χ0n) is 30.0. The normalized spacial score (nSPS) is 12.9. The molecule has 0 N–H and O–H groups in total. The van der Waals surface area contributed by atoms with Crippen molar-refractivity contribution in [1.82, 2.24) is 15.0 Å². The van der Waals surface area contributed by atoms with Gasteiger partial charge in [-0.2, -0.15) is 5.26 Å². The fourth-order valence-corrected chi connectivity index (χ4v) is 8.80. The quantitative estimate of drug-likeness (QED) is 0.181. The molecule has 260 valence electrons. The van der Waals surface area contributed by atoms with E-state index >= 15 is 0 Å². The van der Waals surface area contributed by atoms with Crippen LogP contribution in [0.4, 0.5) is 0 Å². The summed E-state index contributed by atoms with van der Waals surface area (Å²) in [5.41, 5.74) is 11.4. The van der Waals surface area contributed by atoms with Crippen LogP contribution >= 0.6 is 0 Å². The fraction of sp³-hybridized carbons (Fsp3) is 0.0196. The third-order valence-corrected chi connectivity index (χ3v) is 11.2. The Morgan fingerprint density at radius 3 is 1.57 bits per heavy atom. The van der Waals surface area contributed by atoms with Gasteiger partial charge in [-0.25, -0.2) is 15.0 Å². The van der Waals surface area contributed by atoms with Crippen LogP contribution in [0.1, 0.15) is 27.8 Å². The highest BCUT2D eigenvalue weighted by molar-refractivity contribution is 6.07. The monoisotopic (exact) mass is 714 g/mol. The lowest BCUT2D eigenvalue weighted by atomic mass is 9.65. The smallest absolute Gasteiger partial charge is 0.164 e. The van der Waals surface area contributed by atoms with Gasteiger partial charge in [0.05, 0.1) is 17.0 Å². The summed E-state index contributed by atoms with van der Waals surface area (Å²) in [6.07, 6.45) is 0. The molecule has 0 unspecified atom stereocenters. The zero-order valence-corrected chi connectivity index (χ0v) is 30.0. The molecule has 8 aromatic carbocycles. The van der Waals surface area contributed by atoms with Crippen molar-refractivity contribution in [3.05, 3.63) is 210 Å². The molecule has 1 spiro atoms. The lowest BCUT2D eigenvalue weighted by Crippen LogP contribution is -2.32. The third kappa shape index (κ3) is 4.70. The topological polar surface area (TPSA) is 71.7 Å². The first-order valence-electron chi connectivity index (χ1n) is 18.7. The lowest BCUT2D eigenvalue weighted by Gasteiger charge is -2.39. The standard InChI is InChI=1S/C51H30N4O/c52-31-37-30-44-47(39-21-8-7-20-38(37)39)40-27-26-35(29-43(40)51(44)41-22-9-11-24-45(41)56-46-25-12-10-23-42(46)51)34-18-13-19-36(28-34)50-54-48(32-14-3-1-4-15-32)53-49(55-50)33-16-5-2-6-17-33/h1-30H.